The van der Waals surface area contributed by atoms with Crippen LogP contribution in [0.5, 0.6) is 11.5 Å². The van der Waals surface area contributed by atoms with E-state index in [0.717, 1.165) is 4.31 Å². The fraction of sp³-hybridized carbons (Fsp3) is 0.238. The van der Waals surface area contributed by atoms with Crippen LogP contribution in [0, 0.1) is 0 Å². The third-order valence-corrected chi connectivity index (χ3v) is 6.61. The fourth-order valence-electron chi connectivity index (χ4n) is 3.17. The van der Waals surface area contributed by atoms with Crippen LogP contribution in [0.25, 0.3) is 10.9 Å². The molecule has 9 nitrogen and oxygen atoms in total. The quantitative estimate of drug-likeness (QED) is 0.513. The van der Waals surface area contributed by atoms with Crippen molar-refractivity contribution in [2.24, 2.45) is 0 Å². The molecule has 3 rings (SSSR count). The highest BCUT2D eigenvalue weighted by molar-refractivity contribution is 7.89. The molecule has 3 aromatic rings. The molecule has 0 radical (unpaired) electrons. The summed E-state index contributed by atoms with van der Waals surface area (Å²) in [5, 5.41) is 0.535. The Morgan fingerprint density at radius 3 is 2.32 bits per heavy atom. The first-order valence-electron chi connectivity index (χ1n) is 9.14. The van der Waals surface area contributed by atoms with Gasteiger partial charge in [0, 0.05) is 24.7 Å². The van der Waals surface area contributed by atoms with E-state index in [4.69, 9.17) is 14.2 Å². The van der Waals surface area contributed by atoms with Gasteiger partial charge in [-0.2, -0.15) is 4.31 Å². The average Bonchev–Trinajstić information content (AvgIpc) is 3.17. The summed E-state index contributed by atoms with van der Waals surface area (Å²) >= 11 is 0. The lowest BCUT2D eigenvalue weighted by atomic mass is 10.2. The van der Waals surface area contributed by atoms with Crippen LogP contribution in [-0.2, 0) is 14.8 Å². The Hall–Kier alpha value is -3.37. The minimum Gasteiger partial charge on any atom is -0.493 e. The van der Waals surface area contributed by atoms with E-state index in [0.29, 0.717) is 16.7 Å². The molecule has 164 valence electrons. The largest absolute Gasteiger partial charge is 0.493 e. The molecule has 0 bridgehead atoms. The molecule has 0 saturated carbocycles. The summed E-state index contributed by atoms with van der Waals surface area (Å²) in [5.41, 5.74) is 0.696. The highest BCUT2D eigenvalue weighted by Gasteiger charge is 2.26. The van der Waals surface area contributed by atoms with Crippen molar-refractivity contribution in [3.05, 3.63) is 54.2 Å². The highest BCUT2D eigenvalue weighted by atomic mass is 32.2. The molecule has 0 saturated heterocycles. The van der Waals surface area contributed by atoms with Crippen molar-refractivity contribution >= 4 is 32.8 Å². The van der Waals surface area contributed by atoms with E-state index in [2.05, 4.69) is 0 Å². The number of methoxy groups -OCH3 is 3. The van der Waals surface area contributed by atoms with Gasteiger partial charge in [0.25, 0.3) is 0 Å². The van der Waals surface area contributed by atoms with Crippen LogP contribution < -0.4 is 9.47 Å². The molecular formula is C21H22N2O7S. The van der Waals surface area contributed by atoms with Crippen LogP contribution in [0.4, 0.5) is 0 Å². The van der Waals surface area contributed by atoms with Crippen molar-refractivity contribution in [2.45, 2.75) is 4.90 Å². The van der Waals surface area contributed by atoms with E-state index >= 15 is 0 Å². The molecule has 0 aliphatic rings. The van der Waals surface area contributed by atoms with E-state index < -0.39 is 28.4 Å². The van der Waals surface area contributed by atoms with Crippen LogP contribution in [0.2, 0.25) is 0 Å². The number of hydrogen-bond donors (Lipinski definition) is 0. The number of carbonyl (C=O) groups is 2. The first-order valence-corrected chi connectivity index (χ1v) is 10.6. The van der Waals surface area contributed by atoms with Gasteiger partial charge >= 0.3 is 5.97 Å². The zero-order chi connectivity index (χ0) is 22.8. The van der Waals surface area contributed by atoms with Gasteiger partial charge in [-0.25, -0.2) is 13.2 Å². The van der Waals surface area contributed by atoms with Gasteiger partial charge in [0.15, 0.2) is 11.5 Å². The standard InChI is InChI=1S/C21H22N2O7S/c1-22(31(26,27)14-9-10-18(28-2)19(11-14)29-3)13-20(24)23-12-16(21(25)30-4)15-7-5-6-8-17(15)23/h5-12H,13H2,1-4H3. The maximum atomic E-state index is 13.0. The van der Waals surface area contributed by atoms with Crippen LogP contribution in [0.15, 0.2) is 53.6 Å². The lowest BCUT2D eigenvalue weighted by Crippen LogP contribution is -2.34. The van der Waals surface area contributed by atoms with E-state index in [1.807, 2.05) is 0 Å². The number of likely N-dealkylation sites (N-methyl/N-ethyl adjacent to an activating group) is 1. The molecule has 0 atom stereocenters. The monoisotopic (exact) mass is 446 g/mol. The lowest BCUT2D eigenvalue weighted by molar-refractivity contribution is 0.0603. The Bertz CT molecular complexity index is 1250. The molecule has 0 amide bonds. The molecule has 0 aliphatic heterocycles. The Morgan fingerprint density at radius 1 is 1.00 bits per heavy atom. The summed E-state index contributed by atoms with van der Waals surface area (Å²) in [7, 11) is 1.40. The third-order valence-electron chi connectivity index (χ3n) is 4.81. The third kappa shape index (κ3) is 4.12. The molecule has 0 aliphatic carbocycles. The van der Waals surface area contributed by atoms with E-state index in [-0.39, 0.29) is 16.2 Å². The second-order valence-electron chi connectivity index (χ2n) is 6.59. The first kappa shape index (κ1) is 22.3. The summed E-state index contributed by atoms with van der Waals surface area (Å²) in [4.78, 5) is 25.0. The number of nitrogens with zero attached hydrogens (tertiary/aromatic N) is 2. The number of para-hydroxylation sites is 1. The molecule has 2 aromatic carbocycles. The molecule has 0 N–H and O–H groups in total. The van der Waals surface area contributed by atoms with Gasteiger partial charge in [0.2, 0.25) is 15.9 Å². The van der Waals surface area contributed by atoms with Crippen molar-refractivity contribution in [3.8, 4) is 11.5 Å². The van der Waals surface area contributed by atoms with Crippen LogP contribution in [-0.4, -0.2) is 64.1 Å². The minimum atomic E-state index is -4.00. The van der Waals surface area contributed by atoms with Gasteiger partial charge < -0.3 is 14.2 Å². The summed E-state index contributed by atoms with van der Waals surface area (Å²) in [6.07, 6.45) is 1.36. The number of fused-ring (bicyclic) bond motifs is 1. The van der Waals surface area contributed by atoms with Crippen LogP contribution in [0.3, 0.4) is 0 Å². The molecular weight excluding hydrogens is 424 g/mol. The van der Waals surface area contributed by atoms with Gasteiger partial charge in [-0.1, -0.05) is 18.2 Å². The molecule has 31 heavy (non-hydrogen) atoms. The number of esters is 1. The smallest absolute Gasteiger partial charge is 0.340 e. The summed E-state index contributed by atoms with van der Waals surface area (Å²) in [5.74, 6) is -0.483. The van der Waals surface area contributed by atoms with Crippen LogP contribution >= 0.6 is 0 Å². The summed E-state index contributed by atoms with van der Waals surface area (Å²) in [6.45, 7) is -0.448. The SMILES string of the molecule is COC(=O)c1cn(C(=O)CN(C)S(=O)(=O)c2ccc(OC)c(OC)c2)c2ccccc12. The number of aromatic nitrogens is 1. The van der Waals surface area contributed by atoms with Crippen LogP contribution in [0.1, 0.15) is 15.2 Å². The second-order valence-corrected chi connectivity index (χ2v) is 8.64. The Kier molecular flexibility index (Phi) is 6.32. The van der Waals surface area contributed by atoms with Crippen molar-refractivity contribution < 1.29 is 32.2 Å². The van der Waals surface area contributed by atoms with Crippen molar-refractivity contribution in [2.75, 3.05) is 34.9 Å². The zero-order valence-corrected chi connectivity index (χ0v) is 18.3. The molecule has 1 aromatic heterocycles. The number of sulfonamides is 1. The minimum absolute atomic E-state index is 0.0481. The normalized spacial score (nSPS) is 11.5. The van der Waals surface area contributed by atoms with E-state index in [1.165, 1.54) is 57.3 Å². The Labute approximate surface area is 179 Å². The Balaban J connectivity index is 1.93. The number of benzene rings is 2. The summed E-state index contributed by atoms with van der Waals surface area (Å²) in [6, 6.07) is 11.0. The van der Waals surface area contributed by atoms with Crippen molar-refractivity contribution in [1.29, 1.82) is 0 Å². The maximum Gasteiger partial charge on any atom is 0.340 e. The highest BCUT2D eigenvalue weighted by Crippen LogP contribution is 2.30. The second kappa shape index (κ2) is 8.78. The number of rotatable bonds is 7. The molecule has 0 fully saturated rings. The average molecular weight is 446 g/mol. The lowest BCUT2D eigenvalue weighted by Gasteiger charge is -2.18. The van der Waals surface area contributed by atoms with Crippen molar-refractivity contribution in [3.63, 3.8) is 0 Å². The van der Waals surface area contributed by atoms with E-state index in [9.17, 15) is 18.0 Å². The summed E-state index contributed by atoms with van der Waals surface area (Å²) < 4.78 is 43.2. The van der Waals surface area contributed by atoms with Gasteiger partial charge in [-0.05, 0) is 18.2 Å². The molecule has 0 spiro atoms. The van der Waals surface area contributed by atoms with Gasteiger partial charge in [-0.3, -0.25) is 9.36 Å². The fourth-order valence-corrected chi connectivity index (χ4v) is 4.30. The molecule has 1 heterocycles. The zero-order valence-electron chi connectivity index (χ0n) is 17.5. The predicted octanol–water partition coefficient (Wildman–Crippen LogP) is 2.41. The number of hydrogen-bond acceptors (Lipinski definition) is 7. The molecule has 0 unspecified atom stereocenters. The van der Waals surface area contributed by atoms with E-state index in [1.54, 1.807) is 24.3 Å². The maximum absolute atomic E-state index is 13.0. The number of carbonyl (C=O) groups excluding carboxylic acids is 2. The predicted molar refractivity (Wildman–Crippen MR) is 113 cm³/mol. The Morgan fingerprint density at radius 2 is 1.68 bits per heavy atom. The number of ether oxygens (including phenoxy) is 3. The first-order chi connectivity index (χ1) is 14.7. The van der Waals surface area contributed by atoms with Gasteiger partial charge in [-0.15, -0.1) is 0 Å². The van der Waals surface area contributed by atoms with Gasteiger partial charge in [0.05, 0.1) is 43.8 Å². The topological polar surface area (TPSA) is 104 Å². The molecule has 10 heteroatoms. The van der Waals surface area contributed by atoms with Gasteiger partial charge in [0.1, 0.15) is 0 Å². The van der Waals surface area contributed by atoms with Crippen molar-refractivity contribution in [1.82, 2.24) is 8.87 Å².